The van der Waals surface area contributed by atoms with E-state index in [1.54, 1.807) is 18.2 Å². The molecule has 0 saturated carbocycles. The van der Waals surface area contributed by atoms with E-state index in [2.05, 4.69) is 0 Å². The number of aliphatic hydroxyl groups excluding tert-OH is 1. The normalized spacial score (nSPS) is 12.5. The summed E-state index contributed by atoms with van der Waals surface area (Å²) in [7, 11) is 0. The van der Waals surface area contributed by atoms with E-state index in [1.165, 1.54) is 6.07 Å². The highest BCUT2D eigenvalue weighted by molar-refractivity contribution is 6.33. The van der Waals surface area contributed by atoms with E-state index in [0.717, 1.165) is 12.1 Å². The quantitative estimate of drug-likeness (QED) is 0.882. The van der Waals surface area contributed by atoms with E-state index in [-0.39, 0.29) is 12.0 Å². The maximum atomic E-state index is 13.5. The first-order valence-electron chi connectivity index (χ1n) is 5.54. The molecule has 100 valence electrons. The second kappa shape index (κ2) is 5.87. The van der Waals surface area contributed by atoms with E-state index in [9.17, 15) is 13.9 Å². The molecule has 5 heteroatoms. The van der Waals surface area contributed by atoms with Gasteiger partial charge in [0.25, 0.3) is 0 Å². The van der Waals surface area contributed by atoms with Crippen molar-refractivity contribution in [2.24, 2.45) is 0 Å². The topological polar surface area (TPSA) is 20.2 Å². The molecular weight excluding hydrogens is 293 g/mol. The average molecular weight is 303 g/mol. The molecule has 0 spiro atoms. The van der Waals surface area contributed by atoms with Gasteiger partial charge in [0.2, 0.25) is 0 Å². The third-order valence-corrected chi connectivity index (χ3v) is 3.35. The lowest BCUT2D eigenvalue weighted by Gasteiger charge is -2.13. The molecule has 1 N–H and O–H groups in total. The summed E-state index contributed by atoms with van der Waals surface area (Å²) in [5.41, 5.74) is 0.628. The Morgan fingerprint density at radius 2 is 1.79 bits per heavy atom. The van der Waals surface area contributed by atoms with Gasteiger partial charge in [-0.2, -0.15) is 0 Å². The van der Waals surface area contributed by atoms with Crippen molar-refractivity contribution in [2.75, 3.05) is 0 Å². The fourth-order valence-corrected chi connectivity index (χ4v) is 2.18. The van der Waals surface area contributed by atoms with Crippen LogP contribution in [0.15, 0.2) is 36.4 Å². The van der Waals surface area contributed by atoms with Crippen LogP contribution in [-0.4, -0.2) is 5.11 Å². The Balaban J connectivity index is 2.25. The van der Waals surface area contributed by atoms with Gasteiger partial charge in [-0.3, -0.25) is 0 Å². The van der Waals surface area contributed by atoms with Crippen LogP contribution < -0.4 is 0 Å². The third-order valence-electron chi connectivity index (χ3n) is 2.74. The number of halogens is 4. The maximum Gasteiger partial charge on any atom is 0.131 e. The lowest BCUT2D eigenvalue weighted by atomic mass is 10.0. The van der Waals surface area contributed by atoms with Gasteiger partial charge in [-0.05, 0) is 29.8 Å². The number of hydrogen-bond acceptors (Lipinski definition) is 1. The van der Waals surface area contributed by atoms with Crippen LogP contribution in [0.25, 0.3) is 0 Å². The molecule has 0 saturated heterocycles. The standard InChI is InChI=1S/C14H10Cl2F2O/c15-9-1-4-12(16)8(5-9)6-14(19)11-3-2-10(17)7-13(11)18/h1-5,7,14,19H,6H2. The van der Waals surface area contributed by atoms with Crippen molar-refractivity contribution in [1.29, 1.82) is 0 Å². The SMILES string of the molecule is OC(Cc1cc(Cl)ccc1Cl)c1ccc(F)cc1F. The molecule has 1 unspecified atom stereocenters. The first-order valence-corrected chi connectivity index (χ1v) is 6.30. The van der Waals surface area contributed by atoms with Gasteiger partial charge in [0.05, 0.1) is 6.10 Å². The zero-order valence-electron chi connectivity index (χ0n) is 9.71. The summed E-state index contributed by atoms with van der Waals surface area (Å²) >= 11 is 11.8. The minimum Gasteiger partial charge on any atom is -0.388 e. The van der Waals surface area contributed by atoms with Crippen LogP contribution in [0.4, 0.5) is 8.78 Å². The fraction of sp³-hybridized carbons (Fsp3) is 0.143. The molecule has 1 atom stereocenters. The molecule has 2 aromatic carbocycles. The summed E-state index contributed by atoms with van der Waals surface area (Å²) < 4.78 is 26.3. The third kappa shape index (κ3) is 3.44. The number of benzene rings is 2. The summed E-state index contributed by atoms with van der Waals surface area (Å²) in [6, 6.07) is 7.88. The van der Waals surface area contributed by atoms with Crippen LogP contribution in [0.1, 0.15) is 17.2 Å². The van der Waals surface area contributed by atoms with Crippen molar-refractivity contribution < 1.29 is 13.9 Å². The molecule has 0 amide bonds. The Bertz CT molecular complexity index is 602. The zero-order chi connectivity index (χ0) is 14.0. The van der Waals surface area contributed by atoms with Crippen molar-refractivity contribution >= 4 is 23.2 Å². The molecule has 2 rings (SSSR count). The molecule has 19 heavy (non-hydrogen) atoms. The van der Waals surface area contributed by atoms with E-state index in [1.807, 2.05) is 0 Å². The minimum atomic E-state index is -1.11. The average Bonchev–Trinajstić information content (AvgIpc) is 2.33. The van der Waals surface area contributed by atoms with E-state index in [0.29, 0.717) is 15.6 Å². The lowest BCUT2D eigenvalue weighted by Crippen LogP contribution is -2.05. The monoisotopic (exact) mass is 302 g/mol. The molecule has 0 aliphatic heterocycles. The summed E-state index contributed by atoms with van der Waals surface area (Å²) in [5, 5.41) is 10.9. The van der Waals surface area contributed by atoms with Gasteiger partial charge >= 0.3 is 0 Å². The predicted octanol–water partition coefficient (Wildman–Crippen LogP) is 4.55. The van der Waals surface area contributed by atoms with Gasteiger partial charge in [0, 0.05) is 28.1 Å². The Hall–Kier alpha value is -1.16. The van der Waals surface area contributed by atoms with E-state index < -0.39 is 17.7 Å². The zero-order valence-corrected chi connectivity index (χ0v) is 11.2. The minimum absolute atomic E-state index is 0.0254. The van der Waals surface area contributed by atoms with Gasteiger partial charge in [0.15, 0.2) is 0 Å². The van der Waals surface area contributed by atoms with Gasteiger partial charge in [-0.1, -0.05) is 29.3 Å². The van der Waals surface area contributed by atoms with Crippen molar-refractivity contribution in [3.63, 3.8) is 0 Å². The summed E-state index contributed by atoms with van der Waals surface area (Å²) in [6.07, 6.45) is -1.02. The van der Waals surface area contributed by atoms with Crippen LogP contribution in [0.3, 0.4) is 0 Å². The first-order chi connectivity index (χ1) is 8.97. The Morgan fingerprint density at radius 3 is 2.47 bits per heavy atom. The highest BCUT2D eigenvalue weighted by Gasteiger charge is 2.15. The largest absolute Gasteiger partial charge is 0.388 e. The maximum absolute atomic E-state index is 13.5. The number of hydrogen-bond donors (Lipinski definition) is 1. The van der Waals surface area contributed by atoms with Crippen LogP contribution in [-0.2, 0) is 6.42 Å². The second-order valence-corrected chi connectivity index (χ2v) is 4.97. The van der Waals surface area contributed by atoms with Gasteiger partial charge < -0.3 is 5.11 Å². The Labute approximate surface area is 119 Å². The predicted molar refractivity (Wildman–Crippen MR) is 71.5 cm³/mol. The molecule has 0 radical (unpaired) electrons. The van der Waals surface area contributed by atoms with E-state index >= 15 is 0 Å². The summed E-state index contributed by atoms with van der Waals surface area (Å²) in [6.45, 7) is 0. The molecule has 0 fully saturated rings. The Morgan fingerprint density at radius 1 is 1.05 bits per heavy atom. The first kappa shape index (κ1) is 14.3. The Kier molecular flexibility index (Phi) is 4.40. The molecule has 0 aliphatic rings. The van der Waals surface area contributed by atoms with Crippen LogP contribution in [0.2, 0.25) is 10.0 Å². The highest BCUT2D eigenvalue weighted by atomic mass is 35.5. The van der Waals surface area contributed by atoms with Crippen molar-refractivity contribution in [2.45, 2.75) is 12.5 Å². The molecule has 1 nitrogen and oxygen atoms in total. The molecule has 0 aliphatic carbocycles. The van der Waals surface area contributed by atoms with Crippen molar-refractivity contribution in [3.8, 4) is 0 Å². The highest BCUT2D eigenvalue weighted by Crippen LogP contribution is 2.27. The van der Waals surface area contributed by atoms with Crippen molar-refractivity contribution in [3.05, 3.63) is 69.2 Å². The summed E-state index contributed by atoms with van der Waals surface area (Å²) in [4.78, 5) is 0. The van der Waals surface area contributed by atoms with E-state index in [4.69, 9.17) is 23.2 Å². The number of rotatable bonds is 3. The number of aliphatic hydroxyl groups is 1. The van der Waals surface area contributed by atoms with Crippen molar-refractivity contribution in [1.82, 2.24) is 0 Å². The molecule has 0 heterocycles. The molecular formula is C14H10Cl2F2O. The fourth-order valence-electron chi connectivity index (χ4n) is 1.79. The van der Waals surface area contributed by atoms with Crippen LogP contribution in [0, 0.1) is 11.6 Å². The second-order valence-electron chi connectivity index (χ2n) is 4.12. The molecule has 0 bridgehead atoms. The molecule has 2 aromatic rings. The van der Waals surface area contributed by atoms with Crippen LogP contribution >= 0.6 is 23.2 Å². The van der Waals surface area contributed by atoms with Gasteiger partial charge in [-0.15, -0.1) is 0 Å². The smallest absolute Gasteiger partial charge is 0.131 e. The van der Waals surface area contributed by atoms with Gasteiger partial charge in [-0.25, -0.2) is 8.78 Å². The molecule has 0 aromatic heterocycles. The van der Waals surface area contributed by atoms with Crippen LogP contribution in [0.5, 0.6) is 0 Å². The van der Waals surface area contributed by atoms with Gasteiger partial charge in [0.1, 0.15) is 11.6 Å². The summed E-state index contributed by atoms with van der Waals surface area (Å²) in [5.74, 6) is -1.47. The lowest BCUT2D eigenvalue weighted by molar-refractivity contribution is 0.173.